The predicted molar refractivity (Wildman–Crippen MR) is 106 cm³/mol. The van der Waals surface area contributed by atoms with E-state index in [1.54, 1.807) is 0 Å². The number of sulfonamides is 1. The molecule has 0 spiro atoms. The number of rotatable bonds is 5. The molecule has 0 radical (unpaired) electrons. The van der Waals surface area contributed by atoms with Gasteiger partial charge in [0.15, 0.2) is 0 Å². The highest BCUT2D eigenvalue weighted by atomic mass is 32.2. The molecule has 8 heteroatoms. The maximum absolute atomic E-state index is 13.1. The summed E-state index contributed by atoms with van der Waals surface area (Å²) in [5.41, 5.74) is 3.88. The Morgan fingerprint density at radius 1 is 1.22 bits per heavy atom. The Bertz CT molecular complexity index is 788. The van der Waals surface area contributed by atoms with Crippen molar-refractivity contribution in [3.05, 3.63) is 30.1 Å². The molecule has 0 bridgehead atoms. The molecule has 0 aliphatic heterocycles. The van der Waals surface area contributed by atoms with Crippen molar-refractivity contribution in [2.75, 3.05) is 17.1 Å². The summed E-state index contributed by atoms with van der Waals surface area (Å²) in [7, 11) is -3.69. The van der Waals surface area contributed by atoms with Crippen LogP contribution in [0.3, 0.4) is 0 Å². The van der Waals surface area contributed by atoms with Gasteiger partial charge in [-0.25, -0.2) is 18.2 Å². The Balaban J connectivity index is 1.98. The molecular weight excluding hydrogens is 369 g/mol. The fraction of sp³-hybridized carbons (Fsp3) is 0.579. The van der Waals surface area contributed by atoms with E-state index < -0.39 is 28.3 Å². The van der Waals surface area contributed by atoms with Gasteiger partial charge in [0, 0.05) is 5.71 Å². The Kier molecular flexibility index (Phi) is 6.62. The van der Waals surface area contributed by atoms with Gasteiger partial charge in [-0.15, -0.1) is 0 Å². The molecule has 1 amide bonds. The molecule has 1 aliphatic rings. The topological polar surface area (TPSA) is 78.8 Å². The normalized spacial score (nSPS) is 18.1. The highest BCUT2D eigenvalue weighted by molar-refractivity contribution is 7.92. The first kappa shape index (κ1) is 21.3. The molecule has 0 heterocycles. The third kappa shape index (κ3) is 6.30. The van der Waals surface area contributed by atoms with Crippen LogP contribution in [0.2, 0.25) is 0 Å². The van der Waals surface area contributed by atoms with E-state index in [2.05, 4.69) is 31.3 Å². The van der Waals surface area contributed by atoms with Gasteiger partial charge in [0.05, 0.1) is 11.9 Å². The van der Waals surface area contributed by atoms with Crippen LogP contribution in [0.5, 0.6) is 0 Å². The number of nitrogens with zero attached hydrogens (tertiary/aromatic N) is 2. The van der Waals surface area contributed by atoms with Crippen LogP contribution < -0.4 is 9.73 Å². The monoisotopic (exact) mass is 397 g/mol. The second kappa shape index (κ2) is 8.37. The number of hydrazone groups is 1. The average molecular weight is 398 g/mol. The van der Waals surface area contributed by atoms with E-state index >= 15 is 0 Å². The quantitative estimate of drug-likeness (QED) is 0.774. The molecule has 1 saturated carbocycles. The van der Waals surface area contributed by atoms with Crippen molar-refractivity contribution in [1.82, 2.24) is 5.43 Å². The largest absolute Gasteiger partial charge is 0.271 e. The van der Waals surface area contributed by atoms with E-state index in [0.29, 0.717) is 5.92 Å². The lowest BCUT2D eigenvalue weighted by atomic mass is 9.72. The molecule has 2 rings (SSSR count). The van der Waals surface area contributed by atoms with Gasteiger partial charge >= 0.3 is 0 Å². The average Bonchev–Trinajstić information content (AvgIpc) is 2.57. The van der Waals surface area contributed by atoms with Gasteiger partial charge in [-0.05, 0) is 61.3 Å². The van der Waals surface area contributed by atoms with E-state index in [1.165, 1.54) is 12.1 Å². The number of nitrogens with one attached hydrogen (secondary N) is 1. The van der Waals surface area contributed by atoms with Gasteiger partial charge in [-0.2, -0.15) is 5.10 Å². The molecule has 1 aromatic carbocycles. The number of carbonyl (C=O) groups is 1. The van der Waals surface area contributed by atoms with E-state index in [4.69, 9.17) is 0 Å². The van der Waals surface area contributed by atoms with Gasteiger partial charge in [0.25, 0.3) is 5.91 Å². The van der Waals surface area contributed by atoms with Crippen molar-refractivity contribution < 1.29 is 17.6 Å². The zero-order chi connectivity index (χ0) is 20.2. The molecule has 6 nitrogen and oxygen atoms in total. The van der Waals surface area contributed by atoms with Gasteiger partial charge in [0.1, 0.15) is 12.4 Å². The van der Waals surface area contributed by atoms with Gasteiger partial charge in [-0.3, -0.25) is 9.10 Å². The number of amides is 1. The lowest BCUT2D eigenvalue weighted by Gasteiger charge is -2.34. The SMILES string of the molecule is CC(C)(C)C1CCC(=NNC(=O)CN(c2ccc(F)cc2)S(C)(=O)=O)CC1. The van der Waals surface area contributed by atoms with Crippen LogP contribution in [0.4, 0.5) is 10.1 Å². The van der Waals surface area contributed by atoms with Crippen molar-refractivity contribution in [2.24, 2.45) is 16.4 Å². The number of carbonyl (C=O) groups excluding carboxylic acids is 1. The Hall–Kier alpha value is -1.96. The Morgan fingerprint density at radius 2 is 1.78 bits per heavy atom. The summed E-state index contributed by atoms with van der Waals surface area (Å²) in [4.78, 5) is 12.2. The number of anilines is 1. The summed E-state index contributed by atoms with van der Waals surface area (Å²) in [5, 5.41) is 4.18. The predicted octanol–water partition coefficient (Wildman–Crippen LogP) is 3.30. The number of halogens is 1. The van der Waals surface area contributed by atoms with Crippen LogP contribution in [0, 0.1) is 17.2 Å². The minimum Gasteiger partial charge on any atom is -0.271 e. The molecule has 150 valence electrons. The summed E-state index contributed by atoms with van der Waals surface area (Å²) in [5.74, 6) is -0.379. The maximum atomic E-state index is 13.1. The van der Waals surface area contributed by atoms with Gasteiger partial charge < -0.3 is 0 Å². The first-order chi connectivity index (χ1) is 12.5. The van der Waals surface area contributed by atoms with Crippen molar-refractivity contribution in [1.29, 1.82) is 0 Å². The number of hydrogen-bond acceptors (Lipinski definition) is 4. The van der Waals surface area contributed by atoms with Crippen LogP contribution in [-0.4, -0.2) is 32.8 Å². The lowest BCUT2D eigenvalue weighted by molar-refractivity contribution is -0.119. The summed E-state index contributed by atoms with van der Waals surface area (Å²) in [6.07, 6.45) is 4.72. The van der Waals surface area contributed by atoms with Crippen molar-refractivity contribution in [3.8, 4) is 0 Å². The van der Waals surface area contributed by atoms with Gasteiger partial charge in [0.2, 0.25) is 10.0 Å². The minimum atomic E-state index is -3.69. The first-order valence-corrected chi connectivity index (χ1v) is 10.9. The third-order valence-corrected chi connectivity index (χ3v) is 6.07. The smallest absolute Gasteiger partial charge is 0.260 e. The second-order valence-electron chi connectivity index (χ2n) is 8.10. The Morgan fingerprint density at radius 3 is 2.26 bits per heavy atom. The van der Waals surface area contributed by atoms with Crippen LogP contribution >= 0.6 is 0 Å². The summed E-state index contributed by atoms with van der Waals surface area (Å²) in [6.45, 7) is 6.29. The molecule has 0 unspecified atom stereocenters. The zero-order valence-electron chi connectivity index (χ0n) is 16.3. The molecule has 1 aliphatic carbocycles. The molecular formula is C19H28FN3O3S. The molecule has 0 saturated heterocycles. The van der Waals surface area contributed by atoms with Crippen LogP contribution in [0.1, 0.15) is 46.5 Å². The standard InChI is InChI=1S/C19H28FN3O3S/c1-19(2,3)14-5-9-16(10-6-14)21-22-18(24)13-23(27(4,25)26)17-11-7-15(20)8-12-17/h7-8,11-12,14H,5-6,9-10,13H2,1-4H3,(H,22,24). The third-order valence-electron chi connectivity index (χ3n) is 4.93. The van der Waals surface area contributed by atoms with Crippen molar-refractivity contribution in [2.45, 2.75) is 46.5 Å². The van der Waals surface area contributed by atoms with Gasteiger partial charge in [-0.1, -0.05) is 20.8 Å². The van der Waals surface area contributed by atoms with Crippen molar-refractivity contribution in [3.63, 3.8) is 0 Å². The summed E-state index contributed by atoms with van der Waals surface area (Å²) >= 11 is 0. The lowest BCUT2D eigenvalue weighted by Crippen LogP contribution is -2.39. The summed E-state index contributed by atoms with van der Waals surface area (Å²) in [6, 6.07) is 4.95. The molecule has 0 aromatic heterocycles. The molecule has 1 N–H and O–H groups in total. The Labute approximate surface area is 160 Å². The number of hydrogen-bond donors (Lipinski definition) is 1. The first-order valence-electron chi connectivity index (χ1n) is 9.04. The summed E-state index contributed by atoms with van der Waals surface area (Å²) < 4.78 is 38.0. The fourth-order valence-corrected chi connectivity index (χ4v) is 4.10. The maximum Gasteiger partial charge on any atom is 0.260 e. The zero-order valence-corrected chi connectivity index (χ0v) is 17.1. The minimum absolute atomic E-state index is 0.229. The number of benzene rings is 1. The van der Waals surface area contributed by atoms with E-state index in [-0.39, 0.29) is 11.1 Å². The molecule has 0 atom stereocenters. The van der Waals surface area contributed by atoms with E-state index in [0.717, 1.165) is 54.1 Å². The molecule has 1 aromatic rings. The van der Waals surface area contributed by atoms with Crippen LogP contribution in [0.15, 0.2) is 29.4 Å². The second-order valence-corrected chi connectivity index (χ2v) is 10.0. The fourth-order valence-electron chi connectivity index (χ4n) is 3.24. The van der Waals surface area contributed by atoms with E-state index in [1.807, 2.05) is 0 Å². The van der Waals surface area contributed by atoms with Crippen molar-refractivity contribution >= 4 is 27.3 Å². The van der Waals surface area contributed by atoms with Crippen LogP contribution in [0.25, 0.3) is 0 Å². The van der Waals surface area contributed by atoms with E-state index in [9.17, 15) is 17.6 Å². The highest BCUT2D eigenvalue weighted by Crippen LogP contribution is 2.36. The molecule has 1 fully saturated rings. The highest BCUT2D eigenvalue weighted by Gasteiger charge is 2.28. The molecule has 27 heavy (non-hydrogen) atoms. The van der Waals surface area contributed by atoms with Crippen LogP contribution in [-0.2, 0) is 14.8 Å².